The van der Waals surface area contributed by atoms with Gasteiger partial charge in [0.1, 0.15) is 4.90 Å². The van der Waals surface area contributed by atoms with Gasteiger partial charge in [-0.15, -0.1) is 0 Å². The number of hydrogen-bond donors (Lipinski definition) is 1. The van der Waals surface area contributed by atoms with Gasteiger partial charge in [-0.1, -0.05) is 18.2 Å². The summed E-state index contributed by atoms with van der Waals surface area (Å²) in [5, 5.41) is 0. The van der Waals surface area contributed by atoms with Crippen LogP contribution < -0.4 is 4.72 Å². The molecule has 0 saturated carbocycles. The Hall–Kier alpha value is -0.600. The van der Waals surface area contributed by atoms with Gasteiger partial charge in [-0.2, -0.15) is 0 Å². The molecule has 0 aliphatic carbocycles. The van der Waals surface area contributed by atoms with E-state index in [1.54, 1.807) is 42.5 Å². The van der Waals surface area contributed by atoms with Gasteiger partial charge in [0, 0.05) is 13.7 Å². The number of halogens is 2. The molecule has 0 aromatic heterocycles. The van der Waals surface area contributed by atoms with Gasteiger partial charge in [-0.3, -0.25) is 4.72 Å². The van der Waals surface area contributed by atoms with E-state index >= 15 is 0 Å². The van der Waals surface area contributed by atoms with Crippen LogP contribution in [0.25, 0.3) is 0 Å². The van der Waals surface area contributed by atoms with Crippen molar-refractivity contribution < 1.29 is 8.42 Å². The first-order chi connectivity index (χ1) is 8.49. The highest BCUT2D eigenvalue weighted by atomic mass is 127. The van der Waals surface area contributed by atoms with Gasteiger partial charge in [0.25, 0.3) is 10.0 Å². The molecule has 0 bridgehead atoms. The number of rotatable bonds is 3. The molecular weight excluding hydrogens is 429 g/mol. The van der Waals surface area contributed by atoms with E-state index in [1.165, 1.54) is 0 Å². The molecule has 0 radical (unpaired) electrons. The minimum Gasteiger partial charge on any atom is -0.280 e. The zero-order chi connectivity index (χ0) is 13.2. The summed E-state index contributed by atoms with van der Waals surface area (Å²) >= 11 is 5.37. The fraction of sp³-hybridized carbons (Fsp3) is 0. The van der Waals surface area contributed by atoms with Gasteiger partial charge in [-0.25, -0.2) is 8.42 Å². The second-order valence-corrected chi connectivity index (χ2v) is 7.30. The Bertz CT molecular complexity index is 673. The summed E-state index contributed by atoms with van der Waals surface area (Å²) < 4.78 is 28.5. The van der Waals surface area contributed by atoms with E-state index in [4.69, 9.17) is 0 Å². The third kappa shape index (κ3) is 3.24. The number of anilines is 1. The second-order valence-electron chi connectivity index (χ2n) is 3.55. The second kappa shape index (κ2) is 5.58. The van der Waals surface area contributed by atoms with Crippen LogP contribution in [-0.2, 0) is 10.0 Å². The first-order valence-electron chi connectivity index (χ1n) is 5.02. The summed E-state index contributed by atoms with van der Waals surface area (Å²) in [4.78, 5) is 0.226. The number of benzene rings is 2. The minimum absolute atomic E-state index is 0.226. The number of sulfonamides is 1. The molecule has 0 atom stereocenters. The van der Waals surface area contributed by atoms with E-state index in [9.17, 15) is 8.42 Å². The molecule has 2 aromatic rings. The highest BCUT2D eigenvalue weighted by Crippen LogP contribution is 2.24. The molecule has 0 aliphatic heterocycles. The number of nitrogens with one attached hydrogen (secondary N) is 1. The van der Waals surface area contributed by atoms with Crippen molar-refractivity contribution in [2.24, 2.45) is 0 Å². The average molecular weight is 438 g/mol. The van der Waals surface area contributed by atoms with Gasteiger partial charge in [-0.05, 0) is 68.9 Å². The lowest BCUT2D eigenvalue weighted by molar-refractivity contribution is 0.601. The van der Waals surface area contributed by atoms with Crippen LogP contribution >= 0.6 is 38.5 Å². The van der Waals surface area contributed by atoms with Crippen molar-refractivity contribution in [1.82, 2.24) is 0 Å². The lowest BCUT2D eigenvalue weighted by atomic mass is 10.3. The molecule has 3 nitrogen and oxygen atoms in total. The Morgan fingerprint density at radius 3 is 2.44 bits per heavy atom. The maximum atomic E-state index is 12.2. The molecule has 18 heavy (non-hydrogen) atoms. The molecule has 0 fully saturated rings. The van der Waals surface area contributed by atoms with E-state index < -0.39 is 10.0 Å². The van der Waals surface area contributed by atoms with Crippen molar-refractivity contribution in [3.63, 3.8) is 0 Å². The Labute approximate surface area is 128 Å². The SMILES string of the molecule is O=S(=O)(Nc1cccc(I)c1)c1ccccc1Br. The Morgan fingerprint density at radius 1 is 1.06 bits per heavy atom. The van der Waals surface area contributed by atoms with E-state index in [0.717, 1.165) is 3.57 Å². The standard InChI is InChI=1S/C12H9BrINO2S/c13-11-6-1-2-7-12(11)18(16,17)15-10-5-3-4-9(14)8-10/h1-8,15H. The smallest absolute Gasteiger partial charge is 0.263 e. The van der Waals surface area contributed by atoms with E-state index in [0.29, 0.717) is 10.2 Å². The normalized spacial score (nSPS) is 11.2. The highest BCUT2D eigenvalue weighted by Gasteiger charge is 2.16. The molecule has 1 N–H and O–H groups in total. The van der Waals surface area contributed by atoms with Crippen molar-refractivity contribution in [3.05, 3.63) is 56.6 Å². The highest BCUT2D eigenvalue weighted by molar-refractivity contribution is 14.1. The molecule has 0 saturated heterocycles. The van der Waals surface area contributed by atoms with Crippen molar-refractivity contribution in [2.45, 2.75) is 4.90 Å². The van der Waals surface area contributed by atoms with Crippen LogP contribution in [0, 0.1) is 3.57 Å². The first-order valence-corrected chi connectivity index (χ1v) is 8.37. The van der Waals surface area contributed by atoms with E-state index in [2.05, 4.69) is 43.2 Å². The largest absolute Gasteiger partial charge is 0.280 e. The van der Waals surface area contributed by atoms with Crippen LogP contribution in [0.5, 0.6) is 0 Å². The van der Waals surface area contributed by atoms with Gasteiger partial charge in [0.05, 0.1) is 0 Å². The van der Waals surface area contributed by atoms with Crippen LogP contribution in [0.3, 0.4) is 0 Å². The van der Waals surface area contributed by atoms with Gasteiger partial charge in [0.15, 0.2) is 0 Å². The van der Waals surface area contributed by atoms with Crippen molar-refractivity contribution in [2.75, 3.05) is 4.72 Å². The van der Waals surface area contributed by atoms with Gasteiger partial charge in [0.2, 0.25) is 0 Å². The summed E-state index contributed by atoms with van der Waals surface area (Å²) in [7, 11) is -3.56. The van der Waals surface area contributed by atoms with Crippen LogP contribution in [0.4, 0.5) is 5.69 Å². The summed E-state index contributed by atoms with van der Waals surface area (Å²) in [5.41, 5.74) is 0.553. The zero-order valence-electron chi connectivity index (χ0n) is 9.10. The molecule has 2 aromatic carbocycles. The molecular formula is C12H9BrINO2S. The zero-order valence-corrected chi connectivity index (χ0v) is 13.7. The van der Waals surface area contributed by atoms with Crippen molar-refractivity contribution in [3.8, 4) is 0 Å². The Morgan fingerprint density at radius 2 is 1.78 bits per heavy atom. The molecule has 0 aliphatic rings. The minimum atomic E-state index is -3.56. The molecule has 6 heteroatoms. The van der Waals surface area contributed by atoms with Crippen LogP contribution in [0.1, 0.15) is 0 Å². The Balaban J connectivity index is 2.37. The van der Waals surface area contributed by atoms with Gasteiger partial charge < -0.3 is 0 Å². The maximum absolute atomic E-state index is 12.2. The summed E-state index contributed by atoms with van der Waals surface area (Å²) in [6.07, 6.45) is 0. The molecule has 0 amide bonds. The van der Waals surface area contributed by atoms with E-state index in [-0.39, 0.29) is 4.90 Å². The predicted molar refractivity (Wildman–Crippen MR) is 84.1 cm³/mol. The number of hydrogen-bond acceptors (Lipinski definition) is 2. The topological polar surface area (TPSA) is 46.2 Å². The summed E-state index contributed by atoms with van der Waals surface area (Å²) in [6.45, 7) is 0. The third-order valence-corrected chi connectivity index (χ3v) is 5.27. The van der Waals surface area contributed by atoms with E-state index in [1.807, 2.05) is 6.07 Å². The van der Waals surface area contributed by atoms with Crippen molar-refractivity contribution in [1.29, 1.82) is 0 Å². The molecule has 0 unspecified atom stereocenters. The Kier molecular flexibility index (Phi) is 4.29. The maximum Gasteiger partial charge on any atom is 0.263 e. The lowest BCUT2D eigenvalue weighted by Gasteiger charge is -2.09. The fourth-order valence-electron chi connectivity index (χ4n) is 1.42. The van der Waals surface area contributed by atoms with Crippen LogP contribution in [0.15, 0.2) is 57.9 Å². The molecule has 2 rings (SSSR count). The third-order valence-electron chi connectivity index (χ3n) is 2.20. The summed E-state index contributed by atoms with van der Waals surface area (Å²) in [6, 6.07) is 13.9. The fourth-order valence-corrected chi connectivity index (χ4v) is 4.02. The van der Waals surface area contributed by atoms with Crippen LogP contribution in [-0.4, -0.2) is 8.42 Å². The molecule has 0 spiro atoms. The van der Waals surface area contributed by atoms with Crippen molar-refractivity contribution >= 4 is 54.2 Å². The molecule has 94 valence electrons. The average Bonchev–Trinajstić information content (AvgIpc) is 2.28. The lowest BCUT2D eigenvalue weighted by Crippen LogP contribution is -2.13. The van der Waals surface area contributed by atoms with Gasteiger partial charge >= 0.3 is 0 Å². The van der Waals surface area contributed by atoms with Crippen LogP contribution in [0.2, 0.25) is 0 Å². The monoisotopic (exact) mass is 437 g/mol. The first kappa shape index (κ1) is 13.8. The summed E-state index contributed by atoms with van der Waals surface area (Å²) in [5.74, 6) is 0. The quantitative estimate of drug-likeness (QED) is 0.741. The predicted octanol–water partition coefficient (Wildman–Crippen LogP) is 3.85. The molecule has 0 heterocycles.